The smallest absolute Gasteiger partial charge is 0.347 e. The maximum atomic E-state index is 12.1. The quantitative estimate of drug-likeness (QED) is 0.523. The van der Waals surface area contributed by atoms with Crippen molar-refractivity contribution in [3.63, 3.8) is 0 Å². The summed E-state index contributed by atoms with van der Waals surface area (Å²) < 4.78 is 10.9. The molecule has 0 radical (unpaired) electrons. The fraction of sp³-hybridized carbons (Fsp3) is 0.0952. The molecule has 0 fully saturated rings. The van der Waals surface area contributed by atoms with Crippen molar-refractivity contribution in [3.8, 4) is 11.5 Å². The minimum atomic E-state index is -1.01. The Hall–Kier alpha value is -3.36. The van der Waals surface area contributed by atoms with Crippen molar-refractivity contribution >= 4 is 52.7 Å². The van der Waals surface area contributed by atoms with Gasteiger partial charge in [0.05, 0.1) is 24.0 Å². The first kappa shape index (κ1) is 21.4. The van der Waals surface area contributed by atoms with Crippen LogP contribution in [0.2, 0.25) is 5.02 Å². The molecule has 30 heavy (non-hydrogen) atoms. The predicted molar refractivity (Wildman–Crippen MR) is 117 cm³/mol. The van der Waals surface area contributed by atoms with Crippen molar-refractivity contribution < 1.29 is 24.2 Å². The highest BCUT2D eigenvalue weighted by atomic mass is 35.5. The minimum Gasteiger partial charge on any atom is -0.493 e. The van der Waals surface area contributed by atoms with Crippen LogP contribution in [0.4, 0.5) is 5.69 Å². The van der Waals surface area contributed by atoms with Gasteiger partial charge < -0.3 is 19.9 Å². The number of benzene rings is 2. The zero-order valence-corrected chi connectivity index (χ0v) is 17.4. The van der Waals surface area contributed by atoms with Crippen LogP contribution in [0.15, 0.2) is 48.7 Å². The number of anilines is 1. The number of rotatable bonds is 8. The van der Waals surface area contributed by atoms with E-state index in [1.54, 1.807) is 54.6 Å². The molecule has 3 rings (SSSR count). The summed E-state index contributed by atoms with van der Waals surface area (Å²) in [6, 6.07) is 12.1. The second kappa shape index (κ2) is 9.91. The molecule has 9 heteroatoms. The largest absolute Gasteiger partial charge is 0.493 e. The monoisotopic (exact) mass is 444 g/mol. The van der Waals surface area contributed by atoms with Crippen LogP contribution in [0.1, 0.15) is 20.2 Å². The lowest BCUT2D eigenvalue weighted by Crippen LogP contribution is -2.20. The maximum Gasteiger partial charge on any atom is 0.347 e. The molecular weight excluding hydrogens is 428 g/mol. The number of aromatic carboxylic acids is 1. The summed E-state index contributed by atoms with van der Waals surface area (Å²) in [4.78, 5) is 27.3. The molecule has 0 spiro atoms. The van der Waals surface area contributed by atoms with Crippen LogP contribution in [-0.4, -0.2) is 35.7 Å². The van der Waals surface area contributed by atoms with Gasteiger partial charge in [-0.1, -0.05) is 35.9 Å². The average molecular weight is 445 g/mol. The first-order chi connectivity index (χ1) is 14.5. The third-order valence-electron chi connectivity index (χ3n) is 3.85. The molecule has 0 saturated carbocycles. The Kier molecular flexibility index (Phi) is 7.05. The van der Waals surface area contributed by atoms with Gasteiger partial charge in [0.15, 0.2) is 18.1 Å². The highest BCUT2D eigenvalue weighted by Crippen LogP contribution is 2.29. The van der Waals surface area contributed by atoms with Gasteiger partial charge in [0.1, 0.15) is 9.88 Å². The van der Waals surface area contributed by atoms with Crippen LogP contribution < -0.4 is 14.8 Å². The number of carbonyl (C=O) groups excluding carboxylic acids is 1. The summed E-state index contributed by atoms with van der Waals surface area (Å²) in [7, 11) is 1.50. The Morgan fingerprint density at radius 1 is 1.20 bits per heavy atom. The molecule has 1 heterocycles. The number of para-hydroxylation sites is 1. The van der Waals surface area contributed by atoms with Crippen molar-refractivity contribution in [1.82, 2.24) is 4.98 Å². The maximum absolute atomic E-state index is 12.1. The number of nitrogens with zero attached hydrogens (tertiary/aromatic N) is 1. The van der Waals surface area contributed by atoms with Gasteiger partial charge in [0, 0.05) is 0 Å². The molecule has 0 aliphatic rings. The summed E-state index contributed by atoms with van der Waals surface area (Å²) in [5.41, 5.74) is 1.31. The highest BCUT2D eigenvalue weighted by molar-refractivity contribution is 7.14. The molecular formula is C21H17ClN2O5S. The molecule has 2 N–H and O–H groups in total. The topological polar surface area (TPSA) is 97.8 Å². The van der Waals surface area contributed by atoms with E-state index in [0.29, 0.717) is 27.2 Å². The number of aromatic nitrogens is 1. The number of ether oxygens (including phenoxy) is 2. The summed E-state index contributed by atoms with van der Waals surface area (Å²) >= 11 is 7.11. The number of thiazole rings is 1. The van der Waals surface area contributed by atoms with E-state index in [1.165, 1.54) is 13.3 Å². The van der Waals surface area contributed by atoms with Crippen LogP contribution in [0.25, 0.3) is 12.2 Å². The normalized spacial score (nSPS) is 10.7. The van der Waals surface area contributed by atoms with Crippen LogP contribution in [0.3, 0.4) is 0 Å². The highest BCUT2D eigenvalue weighted by Gasteiger charge is 2.10. The molecule has 154 valence electrons. The molecule has 3 aromatic rings. The van der Waals surface area contributed by atoms with Gasteiger partial charge in [-0.3, -0.25) is 4.79 Å². The van der Waals surface area contributed by atoms with Crippen LogP contribution in [-0.2, 0) is 4.79 Å². The Balaban J connectivity index is 1.63. The standard InChI is InChI=1S/C21H17ClN2O5S/c1-28-17-10-13(7-9-20-23-11-18(30-20)21(26)27)6-8-16(17)29-12-19(25)24-15-5-3-2-4-14(15)22/h2-11H,12H2,1H3,(H,24,25)(H,26,27)/b9-7+. The van der Waals surface area contributed by atoms with Gasteiger partial charge in [0.2, 0.25) is 0 Å². The second-order valence-electron chi connectivity index (χ2n) is 5.93. The van der Waals surface area contributed by atoms with E-state index >= 15 is 0 Å². The molecule has 2 aromatic carbocycles. The van der Waals surface area contributed by atoms with E-state index in [4.69, 9.17) is 26.2 Å². The number of methoxy groups -OCH3 is 1. The number of nitrogens with one attached hydrogen (secondary N) is 1. The van der Waals surface area contributed by atoms with E-state index in [0.717, 1.165) is 16.9 Å². The molecule has 0 atom stereocenters. The van der Waals surface area contributed by atoms with Crippen molar-refractivity contribution in [2.24, 2.45) is 0 Å². The second-order valence-corrected chi connectivity index (χ2v) is 7.40. The minimum absolute atomic E-state index is 0.172. The van der Waals surface area contributed by atoms with E-state index in [-0.39, 0.29) is 17.4 Å². The number of carboxylic acids is 1. The van der Waals surface area contributed by atoms with E-state index < -0.39 is 5.97 Å². The summed E-state index contributed by atoms with van der Waals surface area (Å²) in [6.45, 7) is -0.214. The Morgan fingerprint density at radius 2 is 2.00 bits per heavy atom. The van der Waals surface area contributed by atoms with Gasteiger partial charge >= 0.3 is 5.97 Å². The number of carbonyl (C=O) groups is 2. The third kappa shape index (κ3) is 5.59. The summed E-state index contributed by atoms with van der Waals surface area (Å²) in [5, 5.41) is 12.6. The molecule has 1 amide bonds. The zero-order valence-electron chi connectivity index (χ0n) is 15.8. The van der Waals surface area contributed by atoms with E-state index in [9.17, 15) is 9.59 Å². The van der Waals surface area contributed by atoms with Crippen molar-refractivity contribution in [2.45, 2.75) is 0 Å². The summed E-state index contributed by atoms with van der Waals surface area (Å²) in [5.74, 6) is -0.500. The number of hydrogen-bond donors (Lipinski definition) is 2. The SMILES string of the molecule is COc1cc(/C=C/c2ncc(C(=O)O)s2)ccc1OCC(=O)Nc1ccccc1Cl. The number of hydrogen-bond acceptors (Lipinski definition) is 6. The van der Waals surface area contributed by atoms with Crippen LogP contribution in [0, 0.1) is 0 Å². The summed E-state index contributed by atoms with van der Waals surface area (Å²) in [6.07, 6.45) is 4.81. The molecule has 0 bridgehead atoms. The Labute approximate surface area is 181 Å². The lowest BCUT2D eigenvalue weighted by Gasteiger charge is -2.12. The van der Waals surface area contributed by atoms with E-state index in [1.807, 2.05) is 0 Å². The average Bonchev–Trinajstić information content (AvgIpc) is 3.22. The Morgan fingerprint density at radius 3 is 2.70 bits per heavy atom. The van der Waals surface area contributed by atoms with Gasteiger partial charge in [-0.05, 0) is 35.9 Å². The molecule has 0 saturated heterocycles. The lowest BCUT2D eigenvalue weighted by molar-refractivity contribution is -0.118. The van der Waals surface area contributed by atoms with Crippen molar-refractivity contribution in [2.75, 3.05) is 19.0 Å². The van der Waals surface area contributed by atoms with Gasteiger partial charge in [-0.15, -0.1) is 11.3 Å². The van der Waals surface area contributed by atoms with Gasteiger partial charge in [-0.25, -0.2) is 9.78 Å². The number of halogens is 1. The van der Waals surface area contributed by atoms with Gasteiger partial charge in [-0.2, -0.15) is 0 Å². The van der Waals surface area contributed by atoms with Crippen LogP contribution >= 0.6 is 22.9 Å². The first-order valence-corrected chi connectivity index (χ1v) is 9.88. The fourth-order valence-corrected chi connectivity index (χ4v) is 3.27. The lowest BCUT2D eigenvalue weighted by atomic mass is 10.2. The van der Waals surface area contributed by atoms with Crippen LogP contribution in [0.5, 0.6) is 11.5 Å². The molecule has 0 aliphatic carbocycles. The van der Waals surface area contributed by atoms with Gasteiger partial charge in [0.25, 0.3) is 5.91 Å². The van der Waals surface area contributed by atoms with Crippen molar-refractivity contribution in [1.29, 1.82) is 0 Å². The molecule has 1 aromatic heterocycles. The number of amides is 1. The first-order valence-electron chi connectivity index (χ1n) is 8.68. The molecule has 7 nitrogen and oxygen atoms in total. The third-order valence-corrected chi connectivity index (χ3v) is 5.13. The molecule has 0 aliphatic heterocycles. The Bertz CT molecular complexity index is 1100. The fourth-order valence-electron chi connectivity index (χ4n) is 2.43. The van der Waals surface area contributed by atoms with E-state index in [2.05, 4.69) is 10.3 Å². The molecule has 0 unspecified atom stereocenters. The number of carboxylic acid groups (broad SMARTS) is 1. The zero-order chi connectivity index (χ0) is 21.5. The predicted octanol–water partition coefficient (Wildman–Crippen LogP) is 4.69. The van der Waals surface area contributed by atoms with Crippen molar-refractivity contribution in [3.05, 3.63) is 69.1 Å².